The first-order valence-corrected chi connectivity index (χ1v) is 5.73. The van der Waals surface area contributed by atoms with Crippen LogP contribution in [0, 0.1) is 5.92 Å². The van der Waals surface area contributed by atoms with Crippen molar-refractivity contribution in [1.82, 2.24) is 0 Å². The van der Waals surface area contributed by atoms with Gasteiger partial charge in [-0.25, -0.2) is 0 Å². The van der Waals surface area contributed by atoms with Gasteiger partial charge in [-0.1, -0.05) is 37.3 Å². The highest BCUT2D eigenvalue weighted by Gasteiger charge is 2.20. The van der Waals surface area contributed by atoms with E-state index < -0.39 is 0 Å². The summed E-state index contributed by atoms with van der Waals surface area (Å²) in [5, 5.41) is 19.2. The number of hydrogen-bond acceptors (Lipinski definition) is 2. The molecule has 0 spiro atoms. The highest BCUT2D eigenvalue weighted by molar-refractivity contribution is 5.51. The molecule has 0 heterocycles. The van der Waals surface area contributed by atoms with Crippen LogP contribution in [0.3, 0.4) is 0 Å². The molecule has 0 aromatic carbocycles. The van der Waals surface area contributed by atoms with Crippen molar-refractivity contribution in [2.75, 3.05) is 0 Å². The summed E-state index contributed by atoms with van der Waals surface area (Å²) in [7, 11) is 0. The van der Waals surface area contributed by atoms with E-state index in [1.807, 2.05) is 38.2 Å². The van der Waals surface area contributed by atoms with E-state index in [0.717, 1.165) is 16.7 Å². The summed E-state index contributed by atoms with van der Waals surface area (Å²) < 4.78 is 0. The Morgan fingerprint density at radius 2 is 2.00 bits per heavy atom. The predicted molar refractivity (Wildman–Crippen MR) is 64.9 cm³/mol. The normalized spacial score (nSPS) is 34.2. The Kier molecular flexibility index (Phi) is 3.13. The molecule has 2 aliphatic rings. The molecule has 0 aliphatic heterocycles. The second-order valence-corrected chi connectivity index (χ2v) is 4.64. The van der Waals surface area contributed by atoms with Crippen LogP contribution in [0.25, 0.3) is 0 Å². The van der Waals surface area contributed by atoms with Gasteiger partial charge in [0.15, 0.2) is 0 Å². The molecule has 16 heavy (non-hydrogen) atoms. The lowest BCUT2D eigenvalue weighted by molar-refractivity contribution is 0.171. The molecule has 0 bridgehead atoms. The molecule has 0 saturated heterocycles. The largest absolute Gasteiger partial charge is 0.389 e. The first kappa shape index (κ1) is 11.4. The first-order valence-electron chi connectivity index (χ1n) is 5.73. The zero-order chi connectivity index (χ0) is 11.7. The number of rotatable bonds is 1. The van der Waals surface area contributed by atoms with Crippen LogP contribution in [-0.4, -0.2) is 22.4 Å². The van der Waals surface area contributed by atoms with Crippen LogP contribution in [0.5, 0.6) is 0 Å². The molecule has 2 nitrogen and oxygen atoms in total. The topological polar surface area (TPSA) is 40.5 Å². The average Bonchev–Trinajstić information content (AvgIpc) is 2.26. The maximum atomic E-state index is 9.81. The molecule has 0 saturated carbocycles. The molecule has 3 atom stereocenters. The lowest BCUT2D eigenvalue weighted by Gasteiger charge is -2.24. The number of allylic oxidation sites excluding steroid dienone is 4. The predicted octanol–water partition coefficient (Wildman–Crippen LogP) is 2.12. The third-order valence-corrected chi connectivity index (χ3v) is 3.20. The molecule has 0 aromatic rings. The van der Waals surface area contributed by atoms with Crippen molar-refractivity contribution in [3.8, 4) is 0 Å². The van der Waals surface area contributed by atoms with Gasteiger partial charge in [0, 0.05) is 5.92 Å². The molecule has 0 amide bonds. The molecule has 3 unspecified atom stereocenters. The van der Waals surface area contributed by atoms with E-state index in [2.05, 4.69) is 6.08 Å². The van der Waals surface area contributed by atoms with Crippen LogP contribution in [0.1, 0.15) is 20.3 Å². The van der Waals surface area contributed by atoms with Gasteiger partial charge >= 0.3 is 0 Å². The monoisotopic (exact) mass is 218 g/mol. The highest BCUT2D eigenvalue weighted by atomic mass is 16.3. The minimum atomic E-state index is -0.359. The van der Waals surface area contributed by atoms with Crippen LogP contribution < -0.4 is 0 Å². The van der Waals surface area contributed by atoms with Gasteiger partial charge in [-0.3, -0.25) is 0 Å². The van der Waals surface area contributed by atoms with Gasteiger partial charge < -0.3 is 10.2 Å². The number of hydrogen-bond donors (Lipinski definition) is 2. The number of aliphatic hydroxyl groups is 2. The summed E-state index contributed by atoms with van der Waals surface area (Å²) in [5.74, 6) is 0.154. The third-order valence-electron chi connectivity index (χ3n) is 3.20. The molecule has 2 N–H and O–H groups in total. The van der Waals surface area contributed by atoms with Gasteiger partial charge in [-0.15, -0.1) is 0 Å². The van der Waals surface area contributed by atoms with Crippen molar-refractivity contribution in [1.29, 1.82) is 0 Å². The molecule has 0 radical (unpaired) electrons. The van der Waals surface area contributed by atoms with Crippen LogP contribution >= 0.6 is 0 Å². The second kappa shape index (κ2) is 4.40. The average molecular weight is 218 g/mol. The standard InChI is InChI=1S/C14H18O2/c1-9-7-12(8-10(2)14(9)16)11-3-5-13(15)6-4-11/h3-5,7-9,13-16H,6H2,1-2H3. The van der Waals surface area contributed by atoms with E-state index in [-0.39, 0.29) is 18.1 Å². The SMILES string of the molecule is CC1=CC(C2=CCC(O)C=C2)=CC(C)C1O. The van der Waals surface area contributed by atoms with Gasteiger partial charge in [0.25, 0.3) is 0 Å². The summed E-state index contributed by atoms with van der Waals surface area (Å²) in [6, 6.07) is 0. The molecule has 0 aromatic heterocycles. The highest BCUT2D eigenvalue weighted by Crippen LogP contribution is 2.29. The van der Waals surface area contributed by atoms with Crippen molar-refractivity contribution in [2.45, 2.75) is 32.5 Å². The lowest BCUT2D eigenvalue weighted by atomic mass is 9.85. The summed E-state index contributed by atoms with van der Waals surface area (Å²) >= 11 is 0. The molecular weight excluding hydrogens is 200 g/mol. The second-order valence-electron chi connectivity index (χ2n) is 4.64. The Morgan fingerprint density at radius 3 is 2.56 bits per heavy atom. The fourth-order valence-electron chi connectivity index (χ4n) is 2.17. The molecule has 0 fully saturated rings. The molecule has 2 aliphatic carbocycles. The van der Waals surface area contributed by atoms with Gasteiger partial charge in [0.1, 0.15) is 0 Å². The maximum Gasteiger partial charge on any atom is 0.0810 e. The van der Waals surface area contributed by atoms with Gasteiger partial charge in [-0.05, 0) is 30.1 Å². The van der Waals surface area contributed by atoms with Crippen LogP contribution in [-0.2, 0) is 0 Å². The summed E-state index contributed by atoms with van der Waals surface area (Å²) in [6.07, 6.45) is 9.90. The van der Waals surface area contributed by atoms with E-state index in [1.165, 1.54) is 0 Å². The Morgan fingerprint density at radius 1 is 1.25 bits per heavy atom. The third kappa shape index (κ3) is 2.18. The fraction of sp³-hybridized carbons (Fsp3) is 0.429. The fourth-order valence-corrected chi connectivity index (χ4v) is 2.17. The minimum Gasteiger partial charge on any atom is -0.389 e. The van der Waals surface area contributed by atoms with Crippen molar-refractivity contribution in [3.63, 3.8) is 0 Å². The Labute approximate surface area is 96.3 Å². The van der Waals surface area contributed by atoms with Crippen molar-refractivity contribution in [3.05, 3.63) is 47.1 Å². The molecule has 2 heteroatoms. The van der Waals surface area contributed by atoms with Crippen molar-refractivity contribution < 1.29 is 10.2 Å². The first-order chi connectivity index (χ1) is 7.58. The zero-order valence-corrected chi connectivity index (χ0v) is 9.72. The Balaban J connectivity index is 2.24. The molecule has 86 valence electrons. The van der Waals surface area contributed by atoms with Crippen molar-refractivity contribution in [2.24, 2.45) is 5.92 Å². The van der Waals surface area contributed by atoms with E-state index >= 15 is 0 Å². The van der Waals surface area contributed by atoms with Crippen molar-refractivity contribution >= 4 is 0 Å². The Bertz CT molecular complexity index is 399. The van der Waals surface area contributed by atoms with E-state index in [4.69, 9.17) is 0 Å². The summed E-state index contributed by atoms with van der Waals surface area (Å²) in [6.45, 7) is 3.97. The quantitative estimate of drug-likeness (QED) is 0.707. The van der Waals surface area contributed by atoms with E-state index in [1.54, 1.807) is 0 Å². The Hall–Kier alpha value is -1.12. The van der Waals surface area contributed by atoms with Crippen LogP contribution in [0.4, 0.5) is 0 Å². The van der Waals surface area contributed by atoms with Gasteiger partial charge in [-0.2, -0.15) is 0 Å². The summed E-state index contributed by atoms with van der Waals surface area (Å²) in [4.78, 5) is 0. The zero-order valence-electron chi connectivity index (χ0n) is 9.72. The minimum absolute atomic E-state index is 0.154. The van der Waals surface area contributed by atoms with Gasteiger partial charge in [0.2, 0.25) is 0 Å². The molecule has 2 rings (SSSR count). The van der Waals surface area contributed by atoms with Crippen LogP contribution in [0.15, 0.2) is 47.1 Å². The molecular formula is C14H18O2. The lowest BCUT2D eigenvalue weighted by Crippen LogP contribution is -2.21. The summed E-state index contributed by atoms with van der Waals surface area (Å²) in [5.41, 5.74) is 3.30. The van der Waals surface area contributed by atoms with E-state index in [0.29, 0.717) is 6.42 Å². The van der Waals surface area contributed by atoms with E-state index in [9.17, 15) is 10.2 Å². The number of aliphatic hydroxyl groups excluding tert-OH is 2. The van der Waals surface area contributed by atoms with Gasteiger partial charge in [0.05, 0.1) is 12.2 Å². The van der Waals surface area contributed by atoms with Crippen LogP contribution in [0.2, 0.25) is 0 Å². The smallest absolute Gasteiger partial charge is 0.0810 e. The maximum absolute atomic E-state index is 9.81.